The number of benzene rings is 1. The third kappa shape index (κ3) is 3.69. The van der Waals surface area contributed by atoms with Crippen molar-refractivity contribution in [2.75, 3.05) is 20.3 Å². The van der Waals surface area contributed by atoms with Gasteiger partial charge in [-0.15, -0.1) is 0 Å². The Morgan fingerprint density at radius 1 is 1.21 bits per heavy atom. The number of halogens is 5. The number of aliphatic imine (C=N–C) groups is 1. The van der Waals surface area contributed by atoms with E-state index in [1.807, 2.05) is 0 Å². The summed E-state index contributed by atoms with van der Waals surface area (Å²) >= 11 is 0. The van der Waals surface area contributed by atoms with Crippen molar-refractivity contribution < 1.29 is 29.0 Å². The fourth-order valence-corrected chi connectivity index (χ4v) is 4.52. The largest absolute Gasteiger partial charge is 0.381 e. The van der Waals surface area contributed by atoms with Crippen LogP contribution in [0.2, 0.25) is 0 Å². The summed E-state index contributed by atoms with van der Waals surface area (Å²) in [5.41, 5.74) is 4.99. The highest BCUT2D eigenvalue weighted by atomic mass is 32.5. The van der Waals surface area contributed by atoms with Gasteiger partial charge in [-0.05, 0) is 37.5 Å². The minimum atomic E-state index is -9.79. The first kappa shape index (κ1) is 20.8. The average Bonchev–Trinajstić information content (AvgIpc) is 2.59. The predicted molar refractivity (Wildman–Crippen MR) is 96.9 cm³/mol. The Morgan fingerprint density at radius 2 is 1.82 bits per heavy atom. The number of ether oxygens (including phenoxy) is 1. The molecule has 1 amide bonds. The van der Waals surface area contributed by atoms with E-state index in [0.717, 1.165) is 23.5 Å². The summed E-state index contributed by atoms with van der Waals surface area (Å²) in [7, 11) is -8.38. The van der Waals surface area contributed by atoms with Crippen LogP contribution >= 0.6 is 10.2 Å². The summed E-state index contributed by atoms with van der Waals surface area (Å²) in [6.07, 6.45) is 1.44. The Kier molecular flexibility index (Phi) is 4.33. The summed E-state index contributed by atoms with van der Waals surface area (Å²) in [5.74, 6) is -1.62. The third-order valence-corrected chi connectivity index (χ3v) is 6.67. The van der Waals surface area contributed by atoms with Gasteiger partial charge in [-0.25, -0.2) is 4.99 Å². The van der Waals surface area contributed by atoms with Crippen molar-refractivity contribution in [3.8, 4) is 0 Å². The molecule has 3 rings (SSSR count). The van der Waals surface area contributed by atoms with Gasteiger partial charge in [-0.1, -0.05) is 31.6 Å². The molecule has 0 spiro atoms. The molecule has 28 heavy (non-hydrogen) atoms. The number of carbonyl (C=O) groups is 1. The van der Waals surface area contributed by atoms with Gasteiger partial charge in [0.05, 0.1) is 18.1 Å². The molecule has 0 aliphatic carbocycles. The van der Waals surface area contributed by atoms with Gasteiger partial charge in [0.2, 0.25) is 5.91 Å². The molecule has 1 unspecified atom stereocenters. The molecule has 0 saturated carbocycles. The van der Waals surface area contributed by atoms with E-state index in [1.54, 1.807) is 6.92 Å². The molecule has 2 aliphatic heterocycles. The molecule has 2 heterocycles. The van der Waals surface area contributed by atoms with Crippen molar-refractivity contribution in [1.82, 2.24) is 4.90 Å². The van der Waals surface area contributed by atoms with Crippen LogP contribution in [0.15, 0.2) is 34.2 Å². The lowest BCUT2D eigenvalue weighted by Crippen LogP contribution is -2.57. The van der Waals surface area contributed by atoms with Crippen molar-refractivity contribution in [1.29, 1.82) is 0 Å². The van der Waals surface area contributed by atoms with Crippen molar-refractivity contribution in [3.05, 3.63) is 29.8 Å². The van der Waals surface area contributed by atoms with Gasteiger partial charge in [0.25, 0.3) is 0 Å². The lowest BCUT2D eigenvalue weighted by Gasteiger charge is -2.46. The normalized spacial score (nSPS) is 31.8. The number of carbonyl (C=O) groups excluding carboxylic acids is 1. The van der Waals surface area contributed by atoms with Crippen LogP contribution in [0.4, 0.5) is 19.4 Å². The van der Waals surface area contributed by atoms with Crippen LogP contribution in [0.5, 0.6) is 0 Å². The predicted octanol–water partition coefficient (Wildman–Crippen LogP) is 4.40. The third-order valence-electron chi connectivity index (χ3n) is 5.51. The zero-order chi connectivity index (χ0) is 21.0. The molecule has 11 heteroatoms. The van der Waals surface area contributed by atoms with E-state index < -0.39 is 32.5 Å². The Labute approximate surface area is 159 Å². The molecule has 5 nitrogen and oxygen atoms in total. The Morgan fingerprint density at radius 3 is 2.32 bits per heavy atom. The molecule has 2 N–H and O–H groups in total. The Balaban J connectivity index is 2.08. The number of nitrogens with two attached hydrogens (primary N) is 1. The lowest BCUT2D eigenvalue weighted by molar-refractivity contribution is -0.132. The van der Waals surface area contributed by atoms with Crippen LogP contribution in [0.1, 0.15) is 31.2 Å². The van der Waals surface area contributed by atoms with Crippen LogP contribution < -0.4 is 5.73 Å². The number of amides is 1. The molecular formula is C17H22F5N3O2S. The molecule has 0 radical (unpaired) electrons. The molecule has 1 saturated heterocycles. The molecular weight excluding hydrogens is 405 g/mol. The summed E-state index contributed by atoms with van der Waals surface area (Å²) < 4.78 is 70.6. The van der Waals surface area contributed by atoms with Crippen LogP contribution in [-0.2, 0) is 9.53 Å². The smallest absolute Gasteiger partial charge is 0.310 e. The van der Waals surface area contributed by atoms with Gasteiger partial charge in [-0.3, -0.25) is 9.69 Å². The van der Waals surface area contributed by atoms with Gasteiger partial charge in [0.15, 0.2) is 5.96 Å². The van der Waals surface area contributed by atoms with E-state index in [1.165, 1.54) is 7.05 Å². The second kappa shape index (κ2) is 5.82. The van der Waals surface area contributed by atoms with Gasteiger partial charge >= 0.3 is 10.2 Å². The van der Waals surface area contributed by atoms with Crippen molar-refractivity contribution in [2.45, 2.75) is 36.1 Å². The monoisotopic (exact) mass is 427 g/mol. The number of hydrogen-bond acceptors (Lipinski definition) is 4. The van der Waals surface area contributed by atoms with Gasteiger partial charge in [0.1, 0.15) is 4.90 Å². The topological polar surface area (TPSA) is 67.9 Å². The first-order valence-electron chi connectivity index (χ1n) is 8.68. The number of nitrogens with zero attached hydrogens (tertiary/aromatic N) is 2. The highest BCUT2D eigenvalue weighted by Gasteiger charge is 2.65. The second-order valence-electron chi connectivity index (χ2n) is 7.48. The van der Waals surface area contributed by atoms with Gasteiger partial charge < -0.3 is 10.5 Å². The minimum absolute atomic E-state index is 0.00189. The lowest BCUT2D eigenvalue weighted by atomic mass is 9.69. The maximum atomic E-state index is 13.0. The van der Waals surface area contributed by atoms with E-state index in [2.05, 4.69) is 4.99 Å². The van der Waals surface area contributed by atoms with Crippen molar-refractivity contribution in [2.24, 2.45) is 16.6 Å². The quantitative estimate of drug-likeness (QED) is 0.727. The minimum Gasteiger partial charge on any atom is -0.381 e. The summed E-state index contributed by atoms with van der Waals surface area (Å²) in [4.78, 5) is 16.6. The van der Waals surface area contributed by atoms with Crippen molar-refractivity contribution >= 4 is 22.1 Å². The maximum Gasteiger partial charge on any atom is 0.310 e. The van der Waals surface area contributed by atoms with E-state index in [4.69, 9.17) is 10.5 Å². The first-order valence-corrected chi connectivity index (χ1v) is 10.6. The molecule has 1 aromatic rings. The fraction of sp³-hybridized carbons (Fsp3) is 0.529. The summed E-state index contributed by atoms with van der Waals surface area (Å²) in [6.45, 7) is 2.60. The Hall–Kier alpha value is -1.88. The number of likely N-dealkylation sites (N-methyl/N-ethyl adjacent to an activating group) is 1. The van der Waals surface area contributed by atoms with Gasteiger partial charge in [0, 0.05) is 19.6 Å². The molecule has 1 aromatic carbocycles. The maximum absolute atomic E-state index is 13.0. The number of rotatable bonds is 3. The standard InChI is InChI=1S/C17H22F5N3O2S/c1-17(12-4-3-9-27-10-12)14(15(26)25(2)16(23)24-17)11-5-7-13(8-6-11)28(18,19,20,21)22/h5-8,12,14H,3-4,9-10H2,1-2H3,(H2,23,24)/t12?,14-,17+/m0/s1. The van der Waals surface area contributed by atoms with Crippen LogP contribution in [-0.4, -0.2) is 42.6 Å². The molecule has 0 bridgehead atoms. The van der Waals surface area contributed by atoms with E-state index in [9.17, 15) is 24.2 Å². The molecule has 158 valence electrons. The van der Waals surface area contributed by atoms with E-state index in [0.29, 0.717) is 31.8 Å². The molecule has 2 aliphatic rings. The first-order chi connectivity index (χ1) is 12.6. The zero-order valence-corrected chi connectivity index (χ0v) is 16.2. The molecule has 0 aromatic heterocycles. The number of guanidine groups is 1. The molecule has 3 atom stereocenters. The summed E-state index contributed by atoms with van der Waals surface area (Å²) in [5, 5.41) is 0. The highest BCUT2D eigenvalue weighted by Crippen LogP contribution is 3.02. The van der Waals surface area contributed by atoms with E-state index >= 15 is 0 Å². The highest BCUT2D eigenvalue weighted by molar-refractivity contribution is 8.45. The Bertz CT molecular complexity index is 822. The fourth-order valence-electron chi connectivity index (χ4n) is 3.87. The average molecular weight is 427 g/mol. The molecule has 1 fully saturated rings. The van der Waals surface area contributed by atoms with Crippen LogP contribution in [0.25, 0.3) is 0 Å². The van der Waals surface area contributed by atoms with Crippen LogP contribution in [0, 0.1) is 5.92 Å². The second-order valence-corrected chi connectivity index (χ2v) is 9.89. The van der Waals surface area contributed by atoms with Crippen molar-refractivity contribution in [3.63, 3.8) is 0 Å². The van der Waals surface area contributed by atoms with Crippen LogP contribution in [0.3, 0.4) is 0 Å². The zero-order valence-electron chi connectivity index (χ0n) is 15.4. The summed E-state index contributed by atoms with van der Waals surface area (Å²) in [6, 6.07) is 2.48. The van der Waals surface area contributed by atoms with E-state index in [-0.39, 0.29) is 17.4 Å². The SMILES string of the molecule is CN1C(=O)[C@H](c2ccc(S(F)(F)(F)(F)F)cc2)[C@@](C)(C2CCCOC2)N=C1N. The van der Waals surface area contributed by atoms with Gasteiger partial charge in [-0.2, -0.15) is 0 Å². The number of hydrogen-bond donors (Lipinski definition) is 1.